The number of nitrogens with zero attached hydrogens (tertiary/aromatic N) is 1. The number of hydrogen-bond acceptors (Lipinski definition) is 3. The molecule has 1 fully saturated rings. The molecule has 3 N–H and O–H groups in total. The molecule has 1 heterocycles. The zero-order valence-corrected chi connectivity index (χ0v) is 11.0. The number of halogens is 3. The van der Waals surface area contributed by atoms with Gasteiger partial charge in [0.25, 0.3) is 10.2 Å². The quantitative estimate of drug-likeness (QED) is 0.736. The fourth-order valence-corrected chi connectivity index (χ4v) is 3.12. The maximum Gasteiger partial charge on any atom is 0.402 e. The summed E-state index contributed by atoms with van der Waals surface area (Å²) in [5.41, 5.74) is 5.43. The van der Waals surface area contributed by atoms with E-state index in [-0.39, 0.29) is 24.0 Å². The Morgan fingerprint density at radius 2 is 2.11 bits per heavy atom. The number of thiocarbonyl (C=S) groups is 1. The van der Waals surface area contributed by atoms with Crippen molar-refractivity contribution < 1.29 is 21.6 Å². The average Bonchev–Trinajstić information content (AvgIpc) is 2.26. The highest BCUT2D eigenvalue weighted by Gasteiger charge is 2.34. The Balaban J connectivity index is 2.64. The fourth-order valence-electron chi connectivity index (χ4n) is 1.66. The number of nitrogens with two attached hydrogens (primary N) is 1. The third-order valence-corrected chi connectivity index (χ3v) is 4.44. The van der Waals surface area contributed by atoms with Crippen LogP contribution >= 0.6 is 12.2 Å². The summed E-state index contributed by atoms with van der Waals surface area (Å²) < 4.78 is 61.6. The Morgan fingerprint density at radius 3 is 2.61 bits per heavy atom. The van der Waals surface area contributed by atoms with Crippen molar-refractivity contribution >= 4 is 27.4 Å². The van der Waals surface area contributed by atoms with Gasteiger partial charge in [0, 0.05) is 19.0 Å². The van der Waals surface area contributed by atoms with Crippen LogP contribution in [0.25, 0.3) is 0 Å². The first-order valence-electron chi connectivity index (χ1n) is 5.22. The largest absolute Gasteiger partial charge is 0.402 e. The van der Waals surface area contributed by atoms with Crippen molar-refractivity contribution in [1.82, 2.24) is 9.03 Å². The Kier molecular flexibility index (Phi) is 4.92. The van der Waals surface area contributed by atoms with Crippen molar-refractivity contribution in [2.45, 2.75) is 19.0 Å². The zero-order chi connectivity index (χ0) is 14.0. The van der Waals surface area contributed by atoms with E-state index >= 15 is 0 Å². The lowest BCUT2D eigenvalue weighted by Crippen LogP contribution is -2.49. The van der Waals surface area contributed by atoms with Crippen molar-refractivity contribution in [1.29, 1.82) is 0 Å². The van der Waals surface area contributed by atoms with E-state index in [1.807, 2.05) is 0 Å². The SMILES string of the molecule is NC(=S)C1CCCN(S(=O)(=O)NCC(F)(F)F)C1. The minimum atomic E-state index is -4.58. The van der Waals surface area contributed by atoms with Gasteiger partial charge in [-0.05, 0) is 12.8 Å². The first-order chi connectivity index (χ1) is 8.12. The Bertz CT molecular complexity index is 410. The summed E-state index contributed by atoms with van der Waals surface area (Å²) in [6.07, 6.45) is -3.40. The molecule has 0 saturated carbocycles. The molecule has 1 rings (SSSR count). The van der Waals surface area contributed by atoms with E-state index in [0.717, 1.165) is 4.31 Å². The van der Waals surface area contributed by atoms with Crippen LogP contribution in [-0.4, -0.2) is 43.5 Å². The third kappa shape index (κ3) is 4.67. The van der Waals surface area contributed by atoms with E-state index < -0.39 is 22.9 Å². The molecule has 0 aromatic carbocycles. The number of piperidine rings is 1. The van der Waals surface area contributed by atoms with E-state index in [0.29, 0.717) is 12.8 Å². The van der Waals surface area contributed by atoms with Crippen LogP contribution in [0.4, 0.5) is 13.2 Å². The number of hydrogen-bond donors (Lipinski definition) is 2. The molecule has 1 atom stereocenters. The summed E-state index contributed by atoms with van der Waals surface area (Å²) in [7, 11) is -4.13. The van der Waals surface area contributed by atoms with Gasteiger partial charge < -0.3 is 5.73 Å². The predicted molar refractivity (Wildman–Crippen MR) is 64.1 cm³/mol. The summed E-state index contributed by atoms with van der Waals surface area (Å²) in [6, 6.07) is 0. The Hall–Kier alpha value is -0.450. The van der Waals surface area contributed by atoms with E-state index in [4.69, 9.17) is 18.0 Å². The van der Waals surface area contributed by atoms with Crippen molar-refractivity contribution in [3.8, 4) is 0 Å². The lowest BCUT2D eigenvalue weighted by Gasteiger charge is -2.31. The van der Waals surface area contributed by atoms with Crippen LogP contribution in [0.1, 0.15) is 12.8 Å². The molecule has 0 aromatic rings. The van der Waals surface area contributed by atoms with E-state index in [9.17, 15) is 21.6 Å². The molecule has 1 unspecified atom stereocenters. The predicted octanol–water partition coefficient (Wildman–Crippen LogP) is 0.381. The van der Waals surface area contributed by atoms with E-state index in [2.05, 4.69) is 0 Å². The Labute approximate surface area is 109 Å². The van der Waals surface area contributed by atoms with Crippen LogP contribution in [-0.2, 0) is 10.2 Å². The molecule has 1 aliphatic heterocycles. The molecular formula is C8H14F3N3O2S2. The van der Waals surface area contributed by atoms with Gasteiger partial charge in [-0.25, -0.2) is 0 Å². The van der Waals surface area contributed by atoms with E-state index in [1.165, 1.54) is 4.72 Å². The lowest BCUT2D eigenvalue weighted by atomic mass is 10.0. The molecule has 0 radical (unpaired) electrons. The maximum absolute atomic E-state index is 12.0. The van der Waals surface area contributed by atoms with Crippen molar-refractivity contribution in [2.75, 3.05) is 19.6 Å². The second kappa shape index (κ2) is 5.68. The van der Waals surface area contributed by atoms with E-state index in [1.54, 1.807) is 0 Å². The molecule has 0 bridgehead atoms. The second-order valence-corrected chi connectivity index (χ2v) is 6.27. The number of rotatable bonds is 4. The molecule has 0 amide bonds. The summed E-state index contributed by atoms with van der Waals surface area (Å²) >= 11 is 4.77. The van der Waals surface area contributed by atoms with Crippen LogP contribution in [0.3, 0.4) is 0 Å². The highest BCUT2D eigenvalue weighted by molar-refractivity contribution is 7.87. The minimum Gasteiger partial charge on any atom is -0.393 e. The van der Waals surface area contributed by atoms with Gasteiger partial charge in [0.15, 0.2) is 0 Å². The van der Waals surface area contributed by atoms with Crippen molar-refractivity contribution in [3.63, 3.8) is 0 Å². The zero-order valence-electron chi connectivity index (χ0n) is 9.40. The molecule has 18 heavy (non-hydrogen) atoms. The van der Waals surface area contributed by atoms with Crippen LogP contribution < -0.4 is 10.5 Å². The molecule has 106 valence electrons. The van der Waals surface area contributed by atoms with Crippen molar-refractivity contribution in [2.24, 2.45) is 11.7 Å². The minimum absolute atomic E-state index is 0.0303. The molecule has 0 spiro atoms. The Morgan fingerprint density at radius 1 is 1.50 bits per heavy atom. The summed E-state index contributed by atoms with van der Waals surface area (Å²) in [5.74, 6) is -0.281. The van der Waals surface area contributed by atoms with Crippen molar-refractivity contribution in [3.05, 3.63) is 0 Å². The second-order valence-electron chi connectivity index (χ2n) is 4.04. The number of nitrogens with one attached hydrogen (secondary N) is 1. The van der Waals surface area contributed by atoms with Gasteiger partial charge in [-0.2, -0.15) is 30.6 Å². The van der Waals surface area contributed by atoms with Gasteiger partial charge >= 0.3 is 6.18 Å². The van der Waals surface area contributed by atoms with Gasteiger partial charge in [0.1, 0.15) is 6.54 Å². The van der Waals surface area contributed by atoms with Gasteiger partial charge in [-0.3, -0.25) is 0 Å². The number of alkyl halides is 3. The van der Waals surface area contributed by atoms with Gasteiger partial charge in [0.05, 0.1) is 4.99 Å². The summed E-state index contributed by atoms with van der Waals surface area (Å²) in [6.45, 7) is -1.38. The van der Waals surface area contributed by atoms with Gasteiger partial charge in [-0.15, -0.1) is 0 Å². The average molecular weight is 305 g/mol. The summed E-state index contributed by atoms with van der Waals surface area (Å²) in [4.78, 5) is 0.186. The van der Waals surface area contributed by atoms with Crippen LogP contribution in [0.2, 0.25) is 0 Å². The van der Waals surface area contributed by atoms with Crippen LogP contribution in [0.5, 0.6) is 0 Å². The van der Waals surface area contributed by atoms with Crippen LogP contribution in [0, 0.1) is 5.92 Å². The third-order valence-electron chi connectivity index (χ3n) is 2.58. The molecule has 5 nitrogen and oxygen atoms in total. The van der Waals surface area contributed by atoms with Gasteiger partial charge in [-0.1, -0.05) is 12.2 Å². The van der Waals surface area contributed by atoms with Crippen LogP contribution in [0.15, 0.2) is 0 Å². The summed E-state index contributed by atoms with van der Waals surface area (Å²) in [5, 5.41) is 0. The normalized spacial score (nSPS) is 22.9. The molecule has 0 aliphatic carbocycles. The highest BCUT2D eigenvalue weighted by Crippen LogP contribution is 2.19. The maximum atomic E-state index is 12.0. The van der Waals surface area contributed by atoms with Gasteiger partial charge in [0.2, 0.25) is 0 Å². The molecule has 1 aliphatic rings. The topological polar surface area (TPSA) is 75.4 Å². The smallest absolute Gasteiger partial charge is 0.393 e. The highest BCUT2D eigenvalue weighted by atomic mass is 32.2. The molecule has 1 saturated heterocycles. The monoisotopic (exact) mass is 305 g/mol. The first kappa shape index (κ1) is 15.6. The first-order valence-corrected chi connectivity index (χ1v) is 7.07. The molecule has 0 aromatic heterocycles. The lowest BCUT2D eigenvalue weighted by molar-refractivity contribution is -0.121. The molecular weight excluding hydrogens is 291 g/mol. The fraction of sp³-hybridized carbons (Fsp3) is 0.875. The standard InChI is InChI=1S/C8H14F3N3O2S2/c9-8(10,11)5-13-18(15,16)14-3-1-2-6(4-14)7(12)17/h6,13H,1-5H2,(H2,12,17). The molecule has 10 heteroatoms.